The summed E-state index contributed by atoms with van der Waals surface area (Å²) in [6.07, 6.45) is 3.78. The van der Waals surface area contributed by atoms with Crippen LogP contribution in [0.5, 0.6) is 5.75 Å². The van der Waals surface area contributed by atoms with Crippen molar-refractivity contribution < 1.29 is 14.3 Å². The second-order valence-electron chi connectivity index (χ2n) is 4.87. The molecule has 7 nitrogen and oxygen atoms in total. The lowest BCUT2D eigenvalue weighted by Gasteiger charge is -2.08. The average Bonchev–Trinajstić information content (AvgIpc) is 2.59. The SMILES string of the molecule is COCCCNc1ncc(C(=O)Nc2ccc(OC)c(Cl)c2)cn1. The first-order chi connectivity index (χ1) is 11.6. The molecular formula is C16H19ClN4O3. The maximum Gasteiger partial charge on any atom is 0.258 e. The smallest absolute Gasteiger partial charge is 0.258 e. The molecule has 128 valence electrons. The lowest BCUT2D eigenvalue weighted by molar-refractivity contribution is 0.102. The number of anilines is 2. The van der Waals surface area contributed by atoms with E-state index in [-0.39, 0.29) is 5.91 Å². The predicted molar refractivity (Wildman–Crippen MR) is 93.0 cm³/mol. The molecule has 0 aliphatic heterocycles. The van der Waals surface area contributed by atoms with Crippen LogP contribution in [0.4, 0.5) is 11.6 Å². The fourth-order valence-electron chi connectivity index (χ4n) is 1.90. The molecule has 1 aromatic carbocycles. The molecular weight excluding hydrogens is 332 g/mol. The first-order valence-corrected chi connectivity index (χ1v) is 7.71. The standard InChI is InChI=1S/C16H19ClN4O3/c1-23-7-3-6-18-16-19-9-11(10-20-16)15(22)21-12-4-5-14(24-2)13(17)8-12/h4-5,8-10H,3,6-7H2,1-2H3,(H,21,22)(H,18,19,20). The van der Waals surface area contributed by atoms with Gasteiger partial charge in [0.2, 0.25) is 5.95 Å². The summed E-state index contributed by atoms with van der Waals surface area (Å²) in [7, 11) is 3.18. The summed E-state index contributed by atoms with van der Waals surface area (Å²) >= 11 is 6.03. The van der Waals surface area contributed by atoms with Crippen molar-refractivity contribution in [3.8, 4) is 5.75 Å². The van der Waals surface area contributed by atoms with Crippen molar-refractivity contribution in [2.45, 2.75) is 6.42 Å². The molecule has 2 rings (SSSR count). The van der Waals surface area contributed by atoms with Crippen LogP contribution in [0.3, 0.4) is 0 Å². The highest BCUT2D eigenvalue weighted by Gasteiger charge is 2.09. The van der Waals surface area contributed by atoms with E-state index in [0.29, 0.717) is 41.1 Å². The van der Waals surface area contributed by atoms with E-state index in [4.69, 9.17) is 21.1 Å². The number of halogens is 1. The van der Waals surface area contributed by atoms with E-state index in [1.54, 1.807) is 25.3 Å². The number of rotatable bonds is 8. The zero-order valence-electron chi connectivity index (χ0n) is 13.5. The number of aromatic nitrogens is 2. The van der Waals surface area contributed by atoms with Crippen LogP contribution in [0.25, 0.3) is 0 Å². The van der Waals surface area contributed by atoms with Crippen LogP contribution < -0.4 is 15.4 Å². The van der Waals surface area contributed by atoms with E-state index in [1.807, 2.05) is 0 Å². The van der Waals surface area contributed by atoms with Gasteiger partial charge in [0, 0.05) is 38.3 Å². The van der Waals surface area contributed by atoms with Gasteiger partial charge in [-0.15, -0.1) is 0 Å². The third kappa shape index (κ3) is 5.07. The lowest BCUT2D eigenvalue weighted by Crippen LogP contribution is -2.14. The Bertz CT molecular complexity index is 680. The molecule has 8 heteroatoms. The number of hydrogen-bond donors (Lipinski definition) is 2. The number of nitrogens with one attached hydrogen (secondary N) is 2. The molecule has 24 heavy (non-hydrogen) atoms. The highest BCUT2D eigenvalue weighted by atomic mass is 35.5. The maximum absolute atomic E-state index is 12.2. The Morgan fingerprint density at radius 3 is 2.62 bits per heavy atom. The topological polar surface area (TPSA) is 85.4 Å². The molecule has 0 bridgehead atoms. The zero-order valence-corrected chi connectivity index (χ0v) is 14.3. The minimum atomic E-state index is -0.317. The molecule has 0 saturated heterocycles. The molecule has 2 N–H and O–H groups in total. The number of hydrogen-bond acceptors (Lipinski definition) is 6. The quantitative estimate of drug-likeness (QED) is 0.712. The first kappa shape index (κ1) is 18.0. The largest absolute Gasteiger partial charge is 0.495 e. The van der Waals surface area contributed by atoms with Crippen molar-refractivity contribution in [2.24, 2.45) is 0 Å². The molecule has 0 spiro atoms. The van der Waals surface area contributed by atoms with Crippen LogP contribution in [0.15, 0.2) is 30.6 Å². The molecule has 0 unspecified atom stereocenters. The Morgan fingerprint density at radius 1 is 1.25 bits per heavy atom. The summed E-state index contributed by atoms with van der Waals surface area (Å²) in [6, 6.07) is 5.00. The Hall–Kier alpha value is -2.38. The van der Waals surface area contributed by atoms with Crippen molar-refractivity contribution in [3.05, 3.63) is 41.2 Å². The fourth-order valence-corrected chi connectivity index (χ4v) is 2.16. The number of carbonyl (C=O) groups is 1. The van der Waals surface area contributed by atoms with Gasteiger partial charge in [-0.1, -0.05) is 11.6 Å². The highest BCUT2D eigenvalue weighted by Crippen LogP contribution is 2.27. The number of ether oxygens (including phenoxy) is 2. The van der Waals surface area contributed by atoms with E-state index in [1.165, 1.54) is 19.5 Å². The number of benzene rings is 1. The Balaban J connectivity index is 1.93. The van der Waals surface area contributed by atoms with Crippen LogP contribution in [0, 0.1) is 0 Å². The molecule has 0 radical (unpaired) electrons. The summed E-state index contributed by atoms with van der Waals surface area (Å²) in [5, 5.41) is 6.20. The molecule has 0 aliphatic carbocycles. The fraction of sp³-hybridized carbons (Fsp3) is 0.312. The van der Waals surface area contributed by atoms with Gasteiger partial charge in [-0.25, -0.2) is 9.97 Å². The number of carbonyl (C=O) groups excluding carboxylic acids is 1. The van der Waals surface area contributed by atoms with Crippen molar-refractivity contribution in [2.75, 3.05) is 38.0 Å². The minimum Gasteiger partial charge on any atom is -0.495 e. The van der Waals surface area contributed by atoms with Crippen LogP contribution in [-0.2, 0) is 4.74 Å². The summed E-state index contributed by atoms with van der Waals surface area (Å²) in [5.41, 5.74) is 0.914. The third-order valence-electron chi connectivity index (χ3n) is 3.13. The second kappa shape index (κ2) is 9.05. The van der Waals surface area contributed by atoms with Crippen molar-refractivity contribution in [1.82, 2.24) is 9.97 Å². The third-order valence-corrected chi connectivity index (χ3v) is 3.43. The molecule has 0 aliphatic rings. The molecule has 0 fully saturated rings. The number of amides is 1. The predicted octanol–water partition coefficient (Wildman–Crippen LogP) is 2.84. The molecule has 0 saturated carbocycles. The molecule has 1 heterocycles. The summed E-state index contributed by atoms with van der Waals surface area (Å²) in [6.45, 7) is 1.36. The Morgan fingerprint density at radius 2 is 2.00 bits per heavy atom. The molecule has 1 aromatic heterocycles. The van der Waals surface area contributed by atoms with Gasteiger partial charge in [0.15, 0.2) is 0 Å². The first-order valence-electron chi connectivity index (χ1n) is 7.33. The Labute approximate surface area is 145 Å². The second-order valence-corrected chi connectivity index (χ2v) is 5.28. The average molecular weight is 351 g/mol. The maximum atomic E-state index is 12.2. The van der Waals surface area contributed by atoms with Crippen molar-refractivity contribution in [3.63, 3.8) is 0 Å². The highest BCUT2D eigenvalue weighted by molar-refractivity contribution is 6.32. The van der Waals surface area contributed by atoms with Gasteiger partial charge < -0.3 is 20.1 Å². The van der Waals surface area contributed by atoms with E-state index in [2.05, 4.69) is 20.6 Å². The van der Waals surface area contributed by atoms with E-state index in [9.17, 15) is 4.79 Å². The van der Waals surface area contributed by atoms with E-state index < -0.39 is 0 Å². The summed E-state index contributed by atoms with van der Waals surface area (Å²) in [4.78, 5) is 20.4. The molecule has 1 amide bonds. The van der Waals surface area contributed by atoms with Crippen LogP contribution in [0.1, 0.15) is 16.8 Å². The number of nitrogens with zero attached hydrogens (tertiary/aromatic N) is 2. The van der Waals surface area contributed by atoms with Crippen LogP contribution in [0.2, 0.25) is 5.02 Å². The van der Waals surface area contributed by atoms with Crippen molar-refractivity contribution >= 4 is 29.1 Å². The van der Waals surface area contributed by atoms with Gasteiger partial charge in [-0.2, -0.15) is 0 Å². The number of methoxy groups -OCH3 is 2. The summed E-state index contributed by atoms with van der Waals surface area (Å²) < 4.78 is 10.0. The van der Waals surface area contributed by atoms with Crippen LogP contribution >= 0.6 is 11.6 Å². The van der Waals surface area contributed by atoms with Gasteiger partial charge >= 0.3 is 0 Å². The van der Waals surface area contributed by atoms with Gasteiger partial charge in [-0.05, 0) is 24.6 Å². The van der Waals surface area contributed by atoms with Gasteiger partial charge in [-0.3, -0.25) is 4.79 Å². The Kier molecular flexibility index (Phi) is 6.77. The minimum absolute atomic E-state index is 0.317. The van der Waals surface area contributed by atoms with Gasteiger partial charge in [0.25, 0.3) is 5.91 Å². The van der Waals surface area contributed by atoms with Crippen LogP contribution in [-0.4, -0.2) is 43.2 Å². The summed E-state index contributed by atoms with van der Waals surface area (Å²) in [5.74, 6) is 0.694. The van der Waals surface area contributed by atoms with E-state index >= 15 is 0 Å². The zero-order chi connectivity index (χ0) is 17.4. The van der Waals surface area contributed by atoms with Gasteiger partial charge in [0.05, 0.1) is 17.7 Å². The lowest BCUT2D eigenvalue weighted by atomic mass is 10.2. The molecule has 0 atom stereocenters. The normalized spacial score (nSPS) is 10.3. The van der Waals surface area contributed by atoms with Crippen molar-refractivity contribution in [1.29, 1.82) is 0 Å². The molecule has 2 aromatic rings. The monoisotopic (exact) mass is 350 g/mol. The van der Waals surface area contributed by atoms with Gasteiger partial charge in [0.1, 0.15) is 5.75 Å². The van der Waals surface area contributed by atoms with E-state index in [0.717, 1.165) is 6.42 Å².